The lowest BCUT2D eigenvalue weighted by molar-refractivity contribution is 0.0920. The number of nitrogens with one attached hydrogen (secondary N) is 3. The van der Waals surface area contributed by atoms with Gasteiger partial charge in [0.1, 0.15) is 5.69 Å². The van der Waals surface area contributed by atoms with Crippen LogP contribution in [0, 0.1) is 11.8 Å². The van der Waals surface area contributed by atoms with Gasteiger partial charge >= 0.3 is 5.69 Å². The zero-order chi connectivity index (χ0) is 13.4. The Balaban J connectivity index is 1.74. The molecule has 2 fully saturated rings. The summed E-state index contributed by atoms with van der Waals surface area (Å²) in [7, 11) is 0. The van der Waals surface area contributed by atoms with Crippen LogP contribution in [0.25, 0.3) is 0 Å². The zero-order valence-electron chi connectivity index (χ0n) is 10.6. The number of carbonyl (C=O) groups excluding carboxylic acids is 1. The molecule has 6 nitrogen and oxygen atoms in total. The number of H-pyrrole nitrogens is 2. The van der Waals surface area contributed by atoms with Crippen LogP contribution in [0.5, 0.6) is 0 Å². The zero-order valence-corrected chi connectivity index (χ0v) is 10.6. The van der Waals surface area contributed by atoms with Gasteiger partial charge < -0.3 is 10.3 Å². The highest BCUT2D eigenvalue weighted by molar-refractivity contribution is 5.92. The van der Waals surface area contributed by atoms with E-state index in [1.807, 2.05) is 4.98 Å². The summed E-state index contributed by atoms with van der Waals surface area (Å²) in [6.45, 7) is 0. The third kappa shape index (κ3) is 2.34. The summed E-state index contributed by atoms with van der Waals surface area (Å²) in [6, 6.07) is 1.31. The van der Waals surface area contributed by atoms with E-state index in [0.717, 1.165) is 18.4 Å². The first kappa shape index (κ1) is 12.2. The van der Waals surface area contributed by atoms with E-state index in [4.69, 9.17) is 0 Å². The first-order chi connectivity index (χ1) is 9.13. The number of hydrogen-bond donors (Lipinski definition) is 3. The van der Waals surface area contributed by atoms with E-state index >= 15 is 0 Å². The summed E-state index contributed by atoms with van der Waals surface area (Å²) in [6.07, 6.45) is 5.83. The van der Waals surface area contributed by atoms with Crippen molar-refractivity contribution in [3.05, 3.63) is 32.6 Å². The van der Waals surface area contributed by atoms with Gasteiger partial charge in [0.25, 0.3) is 11.5 Å². The van der Waals surface area contributed by atoms with Gasteiger partial charge in [-0.2, -0.15) is 0 Å². The molecule has 2 aliphatic carbocycles. The second kappa shape index (κ2) is 4.68. The Kier molecular flexibility index (Phi) is 3.00. The van der Waals surface area contributed by atoms with Crippen LogP contribution in [0.1, 0.15) is 42.6 Å². The normalized spacial score (nSPS) is 29.2. The van der Waals surface area contributed by atoms with Crippen molar-refractivity contribution in [1.29, 1.82) is 0 Å². The van der Waals surface area contributed by atoms with Crippen molar-refractivity contribution in [1.82, 2.24) is 15.3 Å². The molecule has 1 amide bonds. The molecule has 102 valence electrons. The molecule has 3 rings (SSSR count). The fourth-order valence-corrected chi connectivity index (χ4v) is 3.58. The van der Waals surface area contributed by atoms with E-state index in [1.54, 1.807) is 0 Å². The topological polar surface area (TPSA) is 94.8 Å². The summed E-state index contributed by atoms with van der Waals surface area (Å²) < 4.78 is 0. The first-order valence-corrected chi connectivity index (χ1v) is 6.78. The lowest BCUT2D eigenvalue weighted by atomic mass is 9.97. The summed E-state index contributed by atoms with van der Waals surface area (Å²) in [5, 5.41) is 2.96. The van der Waals surface area contributed by atoms with Crippen LogP contribution >= 0.6 is 0 Å². The van der Waals surface area contributed by atoms with E-state index in [2.05, 4.69) is 10.3 Å². The molecule has 3 N–H and O–H groups in total. The van der Waals surface area contributed by atoms with Gasteiger partial charge in [-0.3, -0.25) is 14.6 Å². The molecule has 0 saturated heterocycles. The number of hydrogen-bond acceptors (Lipinski definition) is 3. The van der Waals surface area contributed by atoms with Crippen LogP contribution in [0.15, 0.2) is 15.7 Å². The van der Waals surface area contributed by atoms with Gasteiger partial charge in [0.2, 0.25) is 0 Å². The SMILES string of the molecule is O=C(N[C@H]1CC[C@@H]2CCC[C@@H]21)c1cc(=O)[nH]c(=O)[nH]1. The first-order valence-electron chi connectivity index (χ1n) is 6.78. The third-order valence-electron chi connectivity index (χ3n) is 4.40. The van der Waals surface area contributed by atoms with Crippen LogP contribution in [0.4, 0.5) is 0 Å². The maximum Gasteiger partial charge on any atom is 0.326 e. The summed E-state index contributed by atoms with van der Waals surface area (Å²) in [5.74, 6) is 0.946. The lowest BCUT2D eigenvalue weighted by Gasteiger charge is -2.19. The van der Waals surface area contributed by atoms with Crippen LogP contribution in [0.2, 0.25) is 0 Å². The molecule has 2 saturated carbocycles. The average molecular weight is 263 g/mol. The molecule has 0 radical (unpaired) electrons. The minimum atomic E-state index is -0.650. The number of fused-ring (bicyclic) bond motifs is 1. The molecule has 2 aliphatic rings. The number of rotatable bonds is 2. The number of aromatic nitrogens is 2. The molecule has 0 spiro atoms. The van der Waals surface area contributed by atoms with Gasteiger partial charge in [0, 0.05) is 12.1 Å². The predicted molar refractivity (Wildman–Crippen MR) is 69.0 cm³/mol. The van der Waals surface area contributed by atoms with Crippen LogP contribution in [-0.4, -0.2) is 21.9 Å². The van der Waals surface area contributed by atoms with Crippen molar-refractivity contribution in [2.45, 2.75) is 38.1 Å². The third-order valence-corrected chi connectivity index (χ3v) is 4.40. The molecule has 0 aliphatic heterocycles. The highest BCUT2D eigenvalue weighted by Crippen LogP contribution is 2.43. The van der Waals surface area contributed by atoms with E-state index in [-0.39, 0.29) is 17.6 Å². The number of amides is 1. The van der Waals surface area contributed by atoms with Crippen molar-refractivity contribution in [2.24, 2.45) is 11.8 Å². The van der Waals surface area contributed by atoms with Crippen LogP contribution in [-0.2, 0) is 0 Å². The molecule has 0 aromatic carbocycles. The molecular weight excluding hydrogens is 246 g/mol. The molecule has 6 heteroatoms. The molecule has 1 heterocycles. The minimum Gasteiger partial charge on any atom is -0.348 e. The van der Waals surface area contributed by atoms with Crippen molar-refractivity contribution < 1.29 is 4.79 Å². The van der Waals surface area contributed by atoms with Gasteiger partial charge in [-0.1, -0.05) is 12.8 Å². The standard InChI is InChI=1S/C13H17N3O3/c17-11-6-10(15-13(19)16-11)12(18)14-9-5-4-7-2-1-3-8(7)9/h6-9H,1-5H2,(H,14,18)(H2,15,16,17,19)/t7-,8-,9-/m0/s1. The Bertz CT molecular complexity index is 575. The van der Waals surface area contributed by atoms with Gasteiger partial charge in [0.15, 0.2) is 0 Å². The van der Waals surface area contributed by atoms with Gasteiger partial charge in [-0.05, 0) is 31.1 Å². The average Bonchev–Trinajstić information content (AvgIpc) is 2.92. The Hall–Kier alpha value is -1.85. The monoisotopic (exact) mass is 263 g/mol. The highest BCUT2D eigenvalue weighted by Gasteiger charge is 2.39. The second-order valence-corrected chi connectivity index (χ2v) is 5.51. The van der Waals surface area contributed by atoms with E-state index in [1.165, 1.54) is 25.7 Å². The molecule has 1 aromatic heterocycles. The van der Waals surface area contributed by atoms with Crippen molar-refractivity contribution in [3.8, 4) is 0 Å². The number of aromatic amines is 2. The van der Waals surface area contributed by atoms with Crippen molar-refractivity contribution in [3.63, 3.8) is 0 Å². The summed E-state index contributed by atoms with van der Waals surface area (Å²) in [5.41, 5.74) is -1.17. The quantitative estimate of drug-likeness (QED) is 0.719. The van der Waals surface area contributed by atoms with Crippen molar-refractivity contribution in [2.75, 3.05) is 0 Å². The number of carbonyl (C=O) groups is 1. The second-order valence-electron chi connectivity index (χ2n) is 5.51. The molecule has 19 heavy (non-hydrogen) atoms. The van der Waals surface area contributed by atoms with Crippen LogP contribution < -0.4 is 16.6 Å². The van der Waals surface area contributed by atoms with Gasteiger partial charge in [-0.15, -0.1) is 0 Å². The molecule has 3 atom stereocenters. The Morgan fingerprint density at radius 1 is 1.16 bits per heavy atom. The summed E-state index contributed by atoms with van der Waals surface area (Å²) in [4.78, 5) is 38.8. The molecule has 0 bridgehead atoms. The Morgan fingerprint density at radius 2 is 2.00 bits per heavy atom. The van der Waals surface area contributed by atoms with E-state index in [9.17, 15) is 14.4 Å². The predicted octanol–water partition coefficient (Wildman–Crippen LogP) is 0.372. The maximum atomic E-state index is 12.1. The lowest BCUT2D eigenvalue weighted by Crippen LogP contribution is -2.39. The Morgan fingerprint density at radius 3 is 2.79 bits per heavy atom. The van der Waals surface area contributed by atoms with Crippen LogP contribution in [0.3, 0.4) is 0 Å². The van der Waals surface area contributed by atoms with Crippen molar-refractivity contribution >= 4 is 5.91 Å². The largest absolute Gasteiger partial charge is 0.348 e. The molecule has 0 unspecified atom stereocenters. The maximum absolute atomic E-state index is 12.1. The summed E-state index contributed by atoms with van der Waals surface area (Å²) >= 11 is 0. The van der Waals surface area contributed by atoms with Gasteiger partial charge in [0.05, 0.1) is 0 Å². The Labute approximate surface area is 109 Å². The fourth-order valence-electron chi connectivity index (χ4n) is 3.58. The fraction of sp³-hybridized carbons (Fsp3) is 0.615. The molecule has 1 aromatic rings. The smallest absolute Gasteiger partial charge is 0.326 e. The van der Waals surface area contributed by atoms with E-state index < -0.39 is 11.2 Å². The minimum absolute atomic E-state index is 0.0372. The highest BCUT2D eigenvalue weighted by atomic mass is 16.2. The van der Waals surface area contributed by atoms with Gasteiger partial charge in [-0.25, -0.2) is 4.79 Å². The molecular formula is C13H17N3O3. The van der Waals surface area contributed by atoms with E-state index in [0.29, 0.717) is 5.92 Å².